The molecule has 0 amide bonds. The molecule has 1 aliphatic heterocycles. The minimum absolute atomic E-state index is 0.0706. The molecule has 3 aromatic carbocycles. The maximum absolute atomic E-state index is 11.2. The Bertz CT molecular complexity index is 1490. The summed E-state index contributed by atoms with van der Waals surface area (Å²) in [7, 11) is 0. The van der Waals surface area contributed by atoms with E-state index in [0.29, 0.717) is 106 Å². The quantitative estimate of drug-likeness (QED) is 0.260. The number of benzene rings is 3. The lowest BCUT2D eigenvalue weighted by Crippen LogP contribution is -2.16. The molecule has 0 saturated heterocycles. The third-order valence-corrected chi connectivity index (χ3v) is 6.70. The van der Waals surface area contributed by atoms with Gasteiger partial charge < -0.3 is 39.1 Å². The Labute approximate surface area is 256 Å². The Morgan fingerprint density at radius 3 is 1.93 bits per heavy atom. The van der Waals surface area contributed by atoms with E-state index in [4.69, 9.17) is 38.4 Å². The molecule has 0 bridgehead atoms. The summed E-state index contributed by atoms with van der Waals surface area (Å²) in [6, 6.07) is 20.5. The molecule has 0 unspecified atom stereocenters. The molecule has 2 heterocycles. The van der Waals surface area contributed by atoms with Crippen LogP contribution in [0, 0.1) is 4.91 Å². The molecular weight excluding hydrogens is 566 g/mol. The van der Waals surface area contributed by atoms with E-state index in [1.54, 1.807) is 18.2 Å². The molecule has 1 aliphatic rings. The first-order chi connectivity index (χ1) is 21.7. The number of nitrogens with zero attached hydrogens (tertiary/aromatic N) is 3. The number of hydrogen-bond acceptors (Lipinski definition) is 12. The van der Waals surface area contributed by atoms with Gasteiger partial charge in [-0.05, 0) is 48.0 Å². The van der Waals surface area contributed by atoms with Gasteiger partial charge in [-0.3, -0.25) is 0 Å². The molecule has 0 saturated carbocycles. The van der Waals surface area contributed by atoms with E-state index in [1.165, 1.54) is 0 Å². The Morgan fingerprint density at radius 2 is 1.27 bits per heavy atom. The number of rotatable bonds is 6. The second-order valence-electron chi connectivity index (χ2n) is 9.89. The van der Waals surface area contributed by atoms with Crippen LogP contribution in [0.5, 0.6) is 11.5 Å². The third-order valence-electron chi connectivity index (χ3n) is 6.70. The van der Waals surface area contributed by atoms with Crippen molar-refractivity contribution in [2.45, 2.75) is 13.0 Å². The van der Waals surface area contributed by atoms with Crippen molar-refractivity contribution in [3.8, 4) is 11.5 Å². The summed E-state index contributed by atoms with van der Waals surface area (Å²) in [6.45, 7) is 6.43. The van der Waals surface area contributed by atoms with E-state index in [-0.39, 0.29) is 11.7 Å². The normalized spacial score (nSPS) is 16.3. The van der Waals surface area contributed by atoms with Crippen LogP contribution >= 0.6 is 0 Å². The van der Waals surface area contributed by atoms with Gasteiger partial charge in [0.05, 0.1) is 69.9 Å². The molecule has 1 aromatic heterocycles. The highest BCUT2D eigenvalue weighted by Gasteiger charge is 2.16. The summed E-state index contributed by atoms with van der Waals surface area (Å²) < 4.78 is 34.3. The van der Waals surface area contributed by atoms with Crippen molar-refractivity contribution in [2.24, 2.45) is 5.18 Å². The van der Waals surface area contributed by atoms with Crippen molar-refractivity contribution >= 4 is 34.0 Å². The van der Waals surface area contributed by atoms with Gasteiger partial charge >= 0.3 is 0 Å². The minimum Gasteiger partial charge on any atom is -0.487 e. The van der Waals surface area contributed by atoms with E-state index >= 15 is 0 Å². The van der Waals surface area contributed by atoms with Gasteiger partial charge in [0.2, 0.25) is 0 Å². The monoisotopic (exact) mass is 603 g/mol. The van der Waals surface area contributed by atoms with Gasteiger partial charge in [0.15, 0.2) is 23.1 Å². The van der Waals surface area contributed by atoms with E-state index in [0.717, 1.165) is 5.56 Å². The lowest BCUT2D eigenvalue weighted by molar-refractivity contribution is -0.00841. The topological polar surface area (TPSA) is 135 Å². The fourth-order valence-corrected chi connectivity index (χ4v) is 4.45. The number of ether oxygens (including phenoxy) is 6. The van der Waals surface area contributed by atoms with Gasteiger partial charge in [-0.25, -0.2) is 9.97 Å². The van der Waals surface area contributed by atoms with Crippen molar-refractivity contribution in [1.82, 2.24) is 9.97 Å². The van der Waals surface area contributed by atoms with Crippen LogP contribution in [0.15, 0.2) is 71.9 Å². The van der Waals surface area contributed by atoms with Crippen LogP contribution in [-0.4, -0.2) is 76.0 Å². The number of anilines is 3. The van der Waals surface area contributed by atoms with Crippen LogP contribution in [0.25, 0.3) is 11.0 Å². The molecule has 12 nitrogen and oxygen atoms in total. The fourth-order valence-electron chi connectivity index (χ4n) is 4.45. The van der Waals surface area contributed by atoms with Crippen molar-refractivity contribution < 1.29 is 28.4 Å². The van der Waals surface area contributed by atoms with Crippen LogP contribution in [0.4, 0.5) is 23.0 Å². The zero-order valence-electron chi connectivity index (χ0n) is 24.7. The van der Waals surface area contributed by atoms with Crippen LogP contribution in [0.1, 0.15) is 18.5 Å². The number of aromatic nitrogens is 2. The Hall–Kier alpha value is -4.36. The molecule has 44 heavy (non-hydrogen) atoms. The molecule has 0 aliphatic carbocycles. The standard InChI is InChI=1S/C32H37N5O7/c1-23(24-5-3-2-4-6-24)33-31-32(35-27-9-7-26(37-38)21-28(27)36-31)34-25-8-10-29-30(22-25)44-20-18-42-16-14-40-12-11-39-13-15-41-17-19-43-29/h2-10,21-23H,11-20H2,1H3,(H,33,36)(H,34,35)/t23-/m1/s1. The molecule has 12 heteroatoms. The summed E-state index contributed by atoms with van der Waals surface area (Å²) in [5.74, 6) is 2.15. The van der Waals surface area contributed by atoms with Crippen LogP contribution in [0.2, 0.25) is 0 Å². The molecular formula is C32H37N5O7. The summed E-state index contributed by atoms with van der Waals surface area (Å²) in [6.07, 6.45) is 0. The summed E-state index contributed by atoms with van der Waals surface area (Å²) in [5, 5.41) is 9.90. The lowest BCUT2D eigenvalue weighted by atomic mass is 10.1. The zero-order chi connectivity index (χ0) is 30.4. The van der Waals surface area contributed by atoms with E-state index in [2.05, 4.69) is 15.8 Å². The van der Waals surface area contributed by atoms with Gasteiger partial charge in [-0.1, -0.05) is 30.3 Å². The van der Waals surface area contributed by atoms with E-state index in [9.17, 15) is 4.91 Å². The number of nitroso groups, excluding NO2 is 1. The van der Waals surface area contributed by atoms with E-state index in [1.807, 2.05) is 55.5 Å². The second-order valence-corrected chi connectivity index (χ2v) is 9.89. The highest BCUT2D eigenvalue weighted by Crippen LogP contribution is 2.34. The predicted octanol–water partition coefficient (Wildman–Crippen LogP) is 5.78. The molecule has 2 N–H and O–H groups in total. The SMILES string of the molecule is C[C@@H](Nc1nc2cc(N=O)ccc2nc1Nc1ccc2c(c1)OCCOCCOCCOCCOCCO2)c1ccccc1. The van der Waals surface area contributed by atoms with Crippen LogP contribution < -0.4 is 20.1 Å². The number of nitrogens with one attached hydrogen (secondary N) is 2. The second kappa shape index (κ2) is 16.5. The molecule has 0 spiro atoms. The number of fused-ring (bicyclic) bond motifs is 2. The zero-order valence-corrected chi connectivity index (χ0v) is 24.7. The molecule has 0 radical (unpaired) electrons. The third kappa shape index (κ3) is 9.07. The first kappa shape index (κ1) is 31.1. The maximum Gasteiger partial charge on any atom is 0.174 e. The first-order valence-electron chi connectivity index (χ1n) is 14.6. The van der Waals surface area contributed by atoms with Gasteiger partial charge in [-0.2, -0.15) is 0 Å². The lowest BCUT2D eigenvalue weighted by Gasteiger charge is -2.19. The summed E-state index contributed by atoms with van der Waals surface area (Å²) >= 11 is 0. The average molecular weight is 604 g/mol. The predicted molar refractivity (Wildman–Crippen MR) is 167 cm³/mol. The minimum atomic E-state index is -0.0706. The van der Waals surface area contributed by atoms with Crippen molar-refractivity contribution in [1.29, 1.82) is 0 Å². The molecule has 1 atom stereocenters. The largest absolute Gasteiger partial charge is 0.487 e. The van der Waals surface area contributed by atoms with Crippen molar-refractivity contribution in [2.75, 3.05) is 76.7 Å². The Morgan fingerprint density at radius 1 is 0.659 bits per heavy atom. The molecule has 0 fully saturated rings. The Kier molecular flexibility index (Phi) is 11.6. The van der Waals surface area contributed by atoms with Gasteiger partial charge in [0.25, 0.3) is 0 Å². The average Bonchev–Trinajstić information content (AvgIpc) is 3.05. The van der Waals surface area contributed by atoms with Crippen LogP contribution in [0.3, 0.4) is 0 Å². The summed E-state index contributed by atoms with van der Waals surface area (Å²) in [5.41, 5.74) is 3.25. The molecule has 5 rings (SSSR count). The van der Waals surface area contributed by atoms with Gasteiger partial charge in [0.1, 0.15) is 18.9 Å². The number of hydrogen-bond donors (Lipinski definition) is 2. The Balaban J connectivity index is 1.37. The van der Waals surface area contributed by atoms with Crippen molar-refractivity contribution in [3.05, 3.63) is 77.2 Å². The highest BCUT2D eigenvalue weighted by molar-refractivity contribution is 5.84. The fraction of sp³-hybridized carbons (Fsp3) is 0.375. The van der Waals surface area contributed by atoms with E-state index < -0.39 is 0 Å². The first-order valence-corrected chi connectivity index (χ1v) is 14.6. The smallest absolute Gasteiger partial charge is 0.174 e. The summed E-state index contributed by atoms with van der Waals surface area (Å²) in [4.78, 5) is 20.8. The maximum atomic E-state index is 11.2. The van der Waals surface area contributed by atoms with Crippen LogP contribution in [-0.2, 0) is 18.9 Å². The van der Waals surface area contributed by atoms with Crippen molar-refractivity contribution in [3.63, 3.8) is 0 Å². The molecule has 232 valence electrons. The molecule has 4 aromatic rings. The highest BCUT2D eigenvalue weighted by atomic mass is 16.6. The van der Waals surface area contributed by atoms with Gasteiger partial charge in [-0.15, -0.1) is 4.91 Å². The van der Waals surface area contributed by atoms with Gasteiger partial charge in [0, 0.05) is 11.8 Å².